The first-order chi connectivity index (χ1) is 10.1. The molecule has 0 saturated heterocycles. The van der Waals surface area contributed by atoms with Gasteiger partial charge in [-0.05, 0) is 36.6 Å². The zero-order chi connectivity index (χ0) is 15.2. The smallest absolute Gasteiger partial charge is 0.250 e. The zero-order valence-electron chi connectivity index (χ0n) is 12.8. The summed E-state index contributed by atoms with van der Waals surface area (Å²) in [5.74, 6) is 0. The normalized spacial score (nSPS) is 10.6. The van der Waals surface area contributed by atoms with E-state index in [0.717, 1.165) is 12.2 Å². The maximum atomic E-state index is 11.7. The van der Waals surface area contributed by atoms with Crippen LogP contribution < -0.4 is 10.9 Å². The molecule has 0 fully saturated rings. The van der Waals surface area contributed by atoms with E-state index in [4.69, 9.17) is 4.74 Å². The molecule has 0 radical (unpaired) electrons. The molecule has 0 saturated carbocycles. The molecule has 0 spiro atoms. The van der Waals surface area contributed by atoms with Crippen LogP contribution >= 0.6 is 0 Å². The molecule has 0 aliphatic carbocycles. The van der Waals surface area contributed by atoms with Crippen molar-refractivity contribution in [3.63, 3.8) is 0 Å². The van der Waals surface area contributed by atoms with Crippen LogP contribution in [0.1, 0.15) is 16.7 Å². The zero-order valence-corrected chi connectivity index (χ0v) is 12.8. The van der Waals surface area contributed by atoms with Gasteiger partial charge in [-0.3, -0.25) is 4.79 Å². The quantitative estimate of drug-likeness (QED) is 0.888. The van der Waals surface area contributed by atoms with Crippen LogP contribution in [0.25, 0.3) is 0 Å². The van der Waals surface area contributed by atoms with Crippen LogP contribution in [0, 0.1) is 13.8 Å². The summed E-state index contributed by atoms with van der Waals surface area (Å²) in [7, 11) is 1.63. The van der Waals surface area contributed by atoms with Crippen molar-refractivity contribution in [3.8, 4) is 0 Å². The third kappa shape index (κ3) is 3.95. The molecule has 1 aromatic heterocycles. The van der Waals surface area contributed by atoms with Gasteiger partial charge in [-0.2, -0.15) is 0 Å². The van der Waals surface area contributed by atoms with Crippen molar-refractivity contribution >= 4 is 5.69 Å². The van der Waals surface area contributed by atoms with Crippen LogP contribution in [0.2, 0.25) is 0 Å². The minimum absolute atomic E-state index is 0.00956. The van der Waals surface area contributed by atoms with Crippen molar-refractivity contribution in [1.29, 1.82) is 0 Å². The fourth-order valence-corrected chi connectivity index (χ4v) is 2.32. The van der Waals surface area contributed by atoms with Crippen molar-refractivity contribution in [2.75, 3.05) is 19.0 Å². The summed E-state index contributed by atoms with van der Waals surface area (Å²) < 4.78 is 6.68. The Balaban J connectivity index is 2.11. The summed E-state index contributed by atoms with van der Waals surface area (Å²) >= 11 is 0. The van der Waals surface area contributed by atoms with Crippen molar-refractivity contribution in [2.45, 2.75) is 26.9 Å². The predicted molar refractivity (Wildman–Crippen MR) is 85.8 cm³/mol. The third-order valence-electron chi connectivity index (χ3n) is 3.63. The summed E-state index contributed by atoms with van der Waals surface area (Å²) in [6.07, 6.45) is 1.84. The molecule has 112 valence electrons. The van der Waals surface area contributed by atoms with Gasteiger partial charge in [0.25, 0.3) is 5.56 Å². The standard InChI is InChI=1S/C17H22N2O2/c1-13-5-4-6-14(2)16(13)11-18-15-7-8-17(20)19(12-15)9-10-21-3/h4-8,12,18H,9-11H2,1-3H3. The third-order valence-corrected chi connectivity index (χ3v) is 3.63. The van der Waals surface area contributed by atoms with Crippen LogP contribution in [0.15, 0.2) is 41.3 Å². The fourth-order valence-electron chi connectivity index (χ4n) is 2.32. The molecular weight excluding hydrogens is 264 g/mol. The minimum Gasteiger partial charge on any atom is -0.383 e. The van der Waals surface area contributed by atoms with Crippen molar-refractivity contribution in [3.05, 3.63) is 63.6 Å². The van der Waals surface area contributed by atoms with Crippen LogP contribution in [-0.2, 0) is 17.8 Å². The molecule has 1 N–H and O–H groups in total. The topological polar surface area (TPSA) is 43.3 Å². The monoisotopic (exact) mass is 286 g/mol. The van der Waals surface area contributed by atoms with Gasteiger partial charge in [0.05, 0.1) is 12.3 Å². The number of anilines is 1. The number of benzene rings is 1. The molecule has 0 unspecified atom stereocenters. The molecule has 0 amide bonds. The summed E-state index contributed by atoms with van der Waals surface area (Å²) in [6, 6.07) is 9.70. The number of aromatic nitrogens is 1. The van der Waals surface area contributed by atoms with E-state index >= 15 is 0 Å². The molecule has 1 heterocycles. The Morgan fingerprint density at radius 2 is 1.86 bits per heavy atom. The molecule has 0 atom stereocenters. The van der Waals surface area contributed by atoms with Gasteiger partial charge in [0.2, 0.25) is 0 Å². The van der Waals surface area contributed by atoms with Gasteiger partial charge in [0.1, 0.15) is 0 Å². The van der Waals surface area contributed by atoms with E-state index in [-0.39, 0.29) is 5.56 Å². The Morgan fingerprint density at radius 1 is 1.14 bits per heavy atom. The van der Waals surface area contributed by atoms with E-state index in [1.165, 1.54) is 16.7 Å². The van der Waals surface area contributed by atoms with Gasteiger partial charge in [-0.15, -0.1) is 0 Å². The maximum Gasteiger partial charge on any atom is 0.250 e. The fraction of sp³-hybridized carbons (Fsp3) is 0.353. The Bertz CT molecular complexity index is 642. The number of nitrogens with one attached hydrogen (secondary N) is 1. The maximum absolute atomic E-state index is 11.7. The number of nitrogens with zero attached hydrogens (tertiary/aromatic N) is 1. The Labute approximate surface area is 125 Å². The average molecular weight is 286 g/mol. The van der Waals surface area contributed by atoms with Crippen LogP contribution in [0.5, 0.6) is 0 Å². The van der Waals surface area contributed by atoms with Crippen LogP contribution in [0.4, 0.5) is 5.69 Å². The molecule has 0 aliphatic heterocycles. The highest BCUT2D eigenvalue weighted by atomic mass is 16.5. The first-order valence-corrected chi connectivity index (χ1v) is 7.10. The highest BCUT2D eigenvalue weighted by molar-refractivity contribution is 5.43. The number of aryl methyl sites for hydroxylation is 2. The Kier molecular flexibility index (Phi) is 5.17. The molecule has 2 aromatic rings. The number of hydrogen-bond donors (Lipinski definition) is 1. The predicted octanol–water partition coefficient (Wildman–Crippen LogP) is 2.72. The lowest BCUT2D eigenvalue weighted by Crippen LogP contribution is -2.21. The number of rotatable bonds is 6. The summed E-state index contributed by atoms with van der Waals surface area (Å²) in [5.41, 5.74) is 4.77. The Hall–Kier alpha value is -2.07. The van der Waals surface area contributed by atoms with Crippen molar-refractivity contribution in [2.24, 2.45) is 0 Å². The average Bonchev–Trinajstić information content (AvgIpc) is 2.47. The van der Waals surface area contributed by atoms with Crippen LogP contribution in [0.3, 0.4) is 0 Å². The van der Waals surface area contributed by atoms with Gasteiger partial charge >= 0.3 is 0 Å². The van der Waals surface area contributed by atoms with Gasteiger partial charge in [0, 0.05) is 32.5 Å². The molecule has 4 nitrogen and oxygen atoms in total. The molecule has 0 bridgehead atoms. The lowest BCUT2D eigenvalue weighted by atomic mass is 10.0. The van der Waals surface area contributed by atoms with Gasteiger partial charge in [0.15, 0.2) is 0 Å². The number of ether oxygens (including phenoxy) is 1. The minimum atomic E-state index is -0.00956. The second-order valence-corrected chi connectivity index (χ2v) is 5.17. The summed E-state index contributed by atoms with van der Waals surface area (Å²) in [4.78, 5) is 11.7. The van der Waals surface area contributed by atoms with E-state index in [9.17, 15) is 4.79 Å². The molecule has 21 heavy (non-hydrogen) atoms. The van der Waals surface area contributed by atoms with E-state index < -0.39 is 0 Å². The molecule has 0 aliphatic rings. The van der Waals surface area contributed by atoms with Gasteiger partial charge in [-0.25, -0.2) is 0 Å². The molecule has 1 aromatic carbocycles. The van der Waals surface area contributed by atoms with Gasteiger partial charge < -0.3 is 14.6 Å². The number of hydrogen-bond acceptors (Lipinski definition) is 3. The van der Waals surface area contributed by atoms with E-state index in [0.29, 0.717) is 13.2 Å². The van der Waals surface area contributed by atoms with E-state index in [2.05, 4.69) is 37.4 Å². The van der Waals surface area contributed by atoms with Crippen LogP contribution in [-0.4, -0.2) is 18.3 Å². The van der Waals surface area contributed by atoms with E-state index in [1.54, 1.807) is 17.7 Å². The number of methoxy groups -OCH3 is 1. The first-order valence-electron chi connectivity index (χ1n) is 7.10. The molecule has 4 heteroatoms. The molecular formula is C17H22N2O2. The molecule has 2 rings (SSSR count). The first kappa shape index (κ1) is 15.3. The SMILES string of the molecule is COCCn1cc(NCc2c(C)cccc2C)ccc1=O. The number of pyridine rings is 1. The summed E-state index contributed by atoms with van der Waals surface area (Å²) in [5, 5.41) is 3.39. The van der Waals surface area contributed by atoms with Crippen molar-refractivity contribution < 1.29 is 4.74 Å². The second-order valence-electron chi connectivity index (χ2n) is 5.17. The lowest BCUT2D eigenvalue weighted by molar-refractivity contribution is 0.186. The highest BCUT2D eigenvalue weighted by Gasteiger charge is 2.03. The van der Waals surface area contributed by atoms with Gasteiger partial charge in [-0.1, -0.05) is 18.2 Å². The van der Waals surface area contributed by atoms with Crippen molar-refractivity contribution in [1.82, 2.24) is 4.57 Å². The summed E-state index contributed by atoms with van der Waals surface area (Å²) in [6.45, 7) is 6.07. The highest BCUT2D eigenvalue weighted by Crippen LogP contribution is 2.15. The second kappa shape index (κ2) is 7.09. The Morgan fingerprint density at radius 3 is 2.52 bits per heavy atom. The van der Waals surface area contributed by atoms with E-state index in [1.807, 2.05) is 12.3 Å². The lowest BCUT2D eigenvalue weighted by Gasteiger charge is -2.13. The largest absolute Gasteiger partial charge is 0.383 e.